The number of rotatable bonds is 2. The van der Waals surface area contributed by atoms with Crippen molar-refractivity contribution in [3.8, 4) is 11.6 Å². The molecule has 0 aliphatic heterocycles. The van der Waals surface area contributed by atoms with Gasteiger partial charge in [-0.25, -0.2) is 9.97 Å². The predicted molar refractivity (Wildman–Crippen MR) is 76.4 cm³/mol. The molecule has 5 heteroatoms. The molecule has 0 atom stereocenters. The van der Waals surface area contributed by atoms with Crippen molar-refractivity contribution < 1.29 is 4.74 Å². The molecule has 3 rings (SSSR count). The molecule has 3 nitrogen and oxygen atoms in total. The van der Waals surface area contributed by atoms with Gasteiger partial charge in [-0.15, -0.1) is 11.3 Å². The maximum absolute atomic E-state index is 5.70. The standard InChI is InChI=1S/C13H9BrN2OS/c1-8-16-11-4-3-10(6-12(11)18-8)17-13-5-2-9(14)7-15-13/h2-7H,1H3. The van der Waals surface area contributed by atoms with E-state index in [9.17, 15) is 0 Å². The molecule has 0 aliphatic carbocycles. The van der Waals surface area contributed by atoms with Gasteiger partial charge in [0, 0.05) is 22.8 Å². The summed E-state index contributed by atoms with van der Waals surface area (Å²) < 4.78 is 7.76. The Bertz CT molecular complexity index is 694. The first kappa shape index (κ1) is 11.6. The zero-order valence-electron chi connectivity index (χ0n) is 9.55. The number of halogens is 1. The van der Waals surface area contributed by atoms with E-state index >= 15 is 0 Å². The maximum Gasteiger partial charge on any atom is 0.219 e. The Labute approximate surface area is 117 Å². The molecular formula is C13H9BrN2OS. The van der Waals surface area contributed by atoms with Gasteiger partial charge in [-0.2, -0.15) is 0 Å². The van der Waals surface area contributed by atoms with Gasteiger partial charge in [0.15, 0.2) is 0 Å². The van der Waals surface area contributed by atoms with Crippen LogP contribution in [0.15, 0.2) is 41.0 Å². The van der Waals surface area contributed by atoms with E-state index in [1.807, 2.05) is 37.3 Å². The lowest BCUT2D eigenvalue weighted by Gasteiger charge is -2.04. The van der Waals surface area contributed by atoms with Crippen LogP contribution in [-0.4, -0.2) is 9.97 Å². The van der Waals surface area contributed by atoms with Gasteiger partial charge in [-0.1, -0.05) is 0 Å². The summed E-state index contributed by atoms with van der Waals surface area (Å²) in [5, 5.41) is 1.06. The molecule has 0 fully saturated rings. The van der Waals surface area contributed by atoms with Crippen molar-refractivity contribution in [3.63, 3.8) is 0 Å². The Morgan fingerprint density at radius 3 is 2.89 bits per heavy atom. The molecule has 1 aromatic carbocycles. The largest absolute Gasteiger partial charge is 0.439 e. The summed E-state index contributed by atoms with van der Waals surface area (Å²) in [5.41, 5.74) is 1.01. The van der Waals surface area contributed by atoms with Gasteiger partial charge in [0.05, 0.1) is 15.2 Å². The molecule has 0 spiro atoms. The van der Waals surface area contributed by atoms with E-state index in [1.54, 1.807) is 17.5 Å². The zero-order valence-corrected chi connectivity index (χ0v) is 12.0. The number of ether oxygens (including phenoxy) is 1. The van der Waals surface area contributed by atoms with Gasteiger partial charge in [0.1, 0.15) is 5.75 Å². The normalized spacial score (nSPS) is 10.8. The Hall–Kier alpha value is -1.46. The molecule has 0 saturated heterocycles. The number of aryl methyl sites for hydroxylation is 1. The number of thiazole rings is 1. The van der Waals surface area contributed by atoms with Gasteiger partial charge < -0.3 is 4.74 Å². The van der Waals surface area contributed by atoms with Gasteiger partial charge in [0.25, 0.3) is 0 Å². The van der Waals surface area contributed by atoms with Crippen LogP contribution in [0.5, 0.6) is 11.6 Å². The predicted octanol–water partition coefficient (Wildman–Crippen LogP) is 4.55. The third-order valence-corrected chi connectivity index (χ3v) is 3.79. The Kier molecular flexibility index (Phi) is 3.01. The van der Waals surface area contributed by atoms with E-state index in [-0.39, 0.29) is 0 Å². The van der Waals surface area contributed by atoms with Crippen LogP contribution in [0.25, 0.3) is 10.2 Å². The summed E-state index contributed by atoms with van der Waals surface area (Å²) in [7, 11) is 0. The number of aromatic nitrogens is 2. The van der Waals surface area contributed by atoms with E-state index < -0.39 is 0 Å². The van der Waals surface area contributed by atoms with E-state index in [2.05, 4.69) is 25.9 Å². The first-order valence-electron chi connectivity index (χ1n) is 5.37. The van der Waals surface area contributed by atoms with Gasteiger partial charge in [0.2, 0.25) is 5.88 Å². The molecule has 0 unspecified atom stereocenters. The van der Waals surface area contributed by atoms with Crippen LogP contribution < -0.4 is 4.74 Å². The molecule has 0 saturated carbocycles. The number of nitrogens with zero attached hydrogens (tertiary/aromatic N) is 2. The lowest BCUT2D eigenvalue weighted by Crippen LogP contribution is -1.86. The van der Waals surface area contributed by atoms with Gasteiger partial charge >= 0.3 is 0 Å². The van der Waals surface area contributed by atoms with E-state index in [0.29, 0.717) is 5.88 Å². The summed E-state index contributed by atoms with van der Waals surface area (Å²) in [5.74, 6) is 1.36. The van der Waals surface area contributed by atoms with Crippen LogP contribution in [0.1, 0.15) is 5.01 Å². The zero-order chi connectivity index (χ0) is 12.5. The second kappa shape index (κ2) is 4.66. The second-order valence-electron chi connectivity index (χ2n) is 3.78. The minimum absolute atomic E-state index is 0.582. The molecule has 2 aromatic heterocycles. The fourth-order valence-electron chi connectivity index (χ4n) is 1.63. The highest BCUT2D eigenvalue weighted by atomic mass is 79.9. The average molecular weight is 321 g/mol. The highest BCUT2D eigenvalue weighted by Gasteiger charge is 2.04. The van der Waals surface area contributed by atoms with Gasteiger partial charge in [-0.3, -0.25) is 0 Å². The van der Waals surface area contributed by atoms with Crippen molar-refractivity contribution in [1.29, 1.82) is 0 Å². The van der Waals surface area contributed by atoms with Crippen molar-refractivity contribution in [2.75, 3.05) is 0 Å². The van der Waals surface area contributed by atoms with Crippen LogP contribution in [0.4, 0.5) is 0 Å². The molecule has 90 valence electrons. The highest BCUT2D eigenvalue weighted by Crippen LogP contribution is 2.28. The molecule has 0 N–H and O–H groups in total. The molecule has 0 bridgehead atoms. The second-order valence-corrected chi connectivity index (χ2v) is 5.93. The first-order valence-corrected chi connectivity index (χ1v) is 6.98. The topological polar surface area (TPSA) is 35.0 Å². The van der Waals surface area contributed by atoms with E-state index in [4.69, 9.17) is 4.74 Å². The Balaban J connectivity index is 1.92. The highest BCUT2D eigenvalue weighted by molar-refractivity contribution is 9.10. The molecule has 18 heavy (non-hydrogen) atoms. The van der Waals surface area contributed by atoms with Crippen molar-refractivity contribution in [2.45, 2.75) is 6.92 Å². The number of hydrogen-bond acceptors (Lipinski definition) is 4. The van der Waals surface area contributed by atoms with Crippen LogP contribution >= 0.6 is 27.3 Å². The minimum Gasteiger partial charge on any atom is -0.439 e. The van der Waals surface area contributed by atoms with E-state index in [1.165, 1.54) is 0 Å². The fraction of sp³-hybridized carbons (Fsp3) is 0.0769. The summed E-state index contributed by atoms with van der Waals surface area (Å²) in [6.45, 7) is 2.00. The van der Waals surface area contributed by atoms with Crippen LogP contribution in [0.3, 0.4) is 0 Å². The lowest BCUT2D eigenvalue weighted by atomic mass is 10.3. The summed E-state index contributed by atoms with van der Waals surface area (Å²) in [4.78, 5) is 8.59. The van der Waals surface area contributed by atoms with Crippen LogP contribution in [0, 0.1) is 6.92 Å². The van der Waals surface area contributed by atoms with Gasteiger partial charge in [-0.05, 0) is 41.1 Å². The number of pyridine rings is 1. The molecule has 0 aliphatic rings. The minimum atomic E-state index is 0.582. The number of benzene rings is 1. The first-order chi connectivity index (χ1) is 8.70. The number of fused-ring (bicyclic) bond motifs is 1. The molecule has 0 amide bonds. The quantitative estimate of drug-likeness (QED) is 0.694. The average Bonchev–Trinajstić information content (AvgIpc) is 2.71. The van der Waals surface area contributed by atoms with Crippen LogP contribution in [-0.2, 0) is 0 Å². The Morgan fingerprint density at radius 1 is 1.22 bits per heavy atom. The Morgan fingerprint density at radius 2 is 2.11 bits per heavy atom. The monoisotopic (exact) mass is 320 g/mol. The van der Waals surface area contributed by atoms with E-state index in [0.717, 1.165) is 25.4 Å². The van der Waals surface area contributed by atoms with Crippen molar-refractivity contribution >= 4 is 37.5 Å². The summed E-state index contributed by atoms with van der Waals surface area (Å²) in [6, 6.07) is 9.59. The molecule has 2 heterocycles. The summed E-state index contributed by atoms with van der Waals surface area (Å²) in [6.07, 6.45) is 1.71. The SMILES string of the molecule is Cc1nc2ccc(Oc3ccc(Br)cn3)cc2s1. The van der Waals surface area contributed by atoms with Crippen molar-refractivity contribution in [3.05, 3.63) is 46.0 Å². The van der Waals surface area contributed by atoms with Crippen molar-refractivity contribution in [2.24, 2.45) is 0 Å². The smallest absolute Gasteiger partial charge is 0.219 e. The van der Waals surface area contributed by atoms with Crippen LogP contribution in [0.2, 0.25) is 0 Å². The molecule has 3 aromatic rings. The molecule has 0 radical (unpaired) electrons. The lowest BCUT2D eigenvalue weighted by molar-refractivity contribution is 0.463. The maximum atomic E-state index is 5.70. The van der Waals surface area contributed by atoms with Crippen molar-refractivity contribution in [1.82, 2.24) is 9.97 Å². The third-order valence-electron chi connectivity index (χ3n) is 2.39. The number of hydrogen-bond donors (Lipinski definition) is 0. The molecular weight excluding hydrogens is 312 g/mol. The summed E-state index contributed by atoms with van der Waals surface area (Å²) >= 11 is 5.00. The third kappa shape index (κ3) is 2.37. The fourth-order valence-corrected chi connectivity index (χ4v) is 2.72.